The van der Waals surface area contributed by atoms with Gasteiger partial charge in [-0.05, 0) is 11.4 Å². The van der Waals surface area contributed by atoms with Gasteiger partial charge in [0.25, 0.3) is 0 Å². The number of halogens is 1. The summed E-state index contributed by atoms with van der Waals surface area (Å²) in [4.78, 5) is 0. The van der Waals surface area contributed by atoms with E-state index in [1.807, 2.05) is 18.2 Å². The lowest BCUT2D eigenvalue weighted by Crippen LogP contribution is -2.22. The Morgan fingerprint density at radius 2 is 1.81 bits per heavy atom. The molecule has 2 aromatic carbocycles. The fourth-order valence-electron chi connectivity index (χ4n) is 2.10. The van der Waals surface area contributed by atoms with Gasteiger partial charge in [-0.25, -0.2) is 0 Å². The van der Waals surface area contributed by atoms with E-state index < -0.39 is 8.07 Å². The van der Waals surface area contributed by atoms with Crippen molar-refractivity contribution in [2.24, 2.45) is 0 Å². The third-order valence-corrected chi connectivity index (χ3v) is 5.38. The van der Waals surface area contributed by atoms with Gasteiger partial charge in [0.15, 0.2) is 6.79 Å². The zero-order chi connectivity index (χ0) is 15.3. The molecule has 0 saturated heterocycles. The Morgan fingerprint density at radius 1 is 1.05 bits per heavy atom. The van der Waals surface area contributed by atoms with Crippen LogP contribution in [0.15, 0.2) is 36.4 Å². The smallest absolute Gasteiger partial charge is 0.189 e. The summed E-state index contributed by atoms with van der Waals surface area (Å²) in [5.74, 6) is 1.28. The third kappa shape index (κ3) is 4.73. The van der Waals surface area contributed by atoms with E-state index in [0.717, 1.165) is 34.7 Å². The van der Waals surface area contributed by atoms with Crippen molar-refractivity contribution in [2.75, 3.05) is 13.4 Å². The van der Waals surface area contributed by atoms with Crippen molar-refractivity contribution in [1.82, 2.24) is 0 Å². The molecule has 0 bridgehead atoms. The van der Waals surface area contributed by atoms with Crippen LogP contribution in [0.2, 0.25) is 25.7 Å². The van der Waals surface area contributed by atoms with E-state index in [0.29, 0.717) is 5.88 Å². The molecule has 2 nitrogen and oxygen atoms in total. The molecule has 21 heavy (non-hydrogen) atoms. The highest BCUT2D eigenvalue weighted by Crippen LogP contribution is 2.31. The topological polar surface area (TPSA) is 18.5 Å². The van der Waals surface area contributed by atoms with Gasteiger partial charge in [-0.3, -0.25) is 0 Å². The maximum Gasteiger partial charge on any atom is 0.189 e. The first-order chi connectivity index (χ1) is 10.0. The van der Waals surface area contributed by atoms with E-state index in [1.54, 1.807) is 0 Å². The number of hydrogen-bond acceptors (Lipinski definition) is 2. The van der Waals surface area contributed by atoms with Gasteiger partial charge in [-0.2, -0.15) is 0 Å². The fourth-order valence-corrected chi connectivity index (χ4v) is 3.07. The average molecular weight is 323 g/mol. The lowest BCUT2D eigenvalue weighted by atomic mass is 10.1. The standard InChI is InChI=1S/C17H23ClO2Si/c1-21(2,3)11-10-19-13-20-17-15(12-18)9-8-14-6-4-5-7-16(14)17/h4-9H,10-13H2,1-3H3. The minimum Gasteiger partial charge on any atom is -0.467 e. The maximum atomic E-state index is 6.02. The van der Waals surface area contributed by atoms with Gasteiger partial charge in [0.1, 0.15) is 5.75 Å². The molecular formula is C17H23ClO2Si. The van der Waals surface area contributed by atoms with E-state index >= 15 is 0 Å². The van der Waals surface area contributed by atoms with Crippen LogP contribution >= 0.6 is 11.6 Å². The van der Waals surface area contributed by atoms with Gasteiger partial charge < -0.3 is 9.47 Å². The second-order valence-corrected chi connectivity index (χ2v) is 12.3. The first-order valence-electron chi connectivity index (χ1n) is 7.28. The Kier molecular flexibility index (Phi) is 5.68. The van der Waals surface area contributed by atoms with Crippen LogP contribution in [0.4, 0.5) is 0 Å². The average Bonchev–Trinajstić information content (AvgIpc) is 2.45. The molecule has 0 saturated carbocycles. The molecule has 2 aromatic rings. The summed E-state index contributed by atoms with van der Waals surface area (Å²) in [6.45, 7) is 8.06. The van der Waals surface area contributed by atoms with Gasteiger partial charge in [-0.1, -0.05) is 56.0 Å². The van der Waals surface area contributed by atoms with Crippen molar-refractivity contribution in [2.45, 2.75) is 31.6 Å². The second-order valence-electron chi connectivity index (χ2n) is 6.39. The summed E-state index contributed by atoms with van der Waals surface area (Å²) in [5.41, 5.74) is 1.00. The van der Waals surface area contributed by atoms with Crippen molar-refractivity contribution >= 4 is 30.4 Å². The highest BCUT2D eigenvalue weighted by Gasteiger charge is 2.12. The van der Waals surface area contributed by atoms with Gasteiger partial charge >= 0.3 is 0 Å². The summed E-state index contributed by atoms with van der Waals surface area (Å²) >= 11 is 6.02. The first kappa shape index (κ1) is 16.3. The second kappa shape index (κ2) is 7.30. The molecule has 0 spiro atoms. The summed E-state index contributed by atoms with van der Waals surface area (Å²) < 4.78 is 11.5. The Labute approximate surface area is 133 Å². The predicted octanol–water partition coefficient (Wildman–Crippen LogP) is 5.27. The lowest BCUT2D eigenvalue weighted by molar-refractivity contribution is 0.0225. The van der Waals surface area contributed by atoms with E-state index in [-0.39, 0.29) is 6.79 Å². The molecule has 0 radical (unpaired) electrons. The normalized spacial score (nSPS) is 11.8. The van der Waals surface area contributed by atoms with Crippen LogP contribution in [0.5, 0.6) is 5.75 Å². The third-order valence-electron chi connectivity index (χ3n) is 3.39. The summed E-state index contributed by atoms with van der Waals surface area (Å²) in [5, 5.41) is 2.24. The number of alkyl halides is 1. The maximum absolute atomic E-state index is 6.02. The number of ether oxygens (including phenoxy) is 2. The van der Waals surface area contributed by atoms with Gasteiger partial charge in [0.2, 0.25) is 0 Å². The van der Waals surface area contributed by atoms with Crippen LogP contribution in [0.25, 0.3) is 10.8 Å². The summed E-state index contributed by atoms with van der Waals surface area (Å²) in [6.07, 6.45) is 0. The molecule has 2 rings (SSSR count). The molecule has 114 valence electrons. The van der Waals surface area contributed by atoms with Crippen molar-refractivity contribution < 1.29 is 9.47 Å². The van der Waals surface area contributed by atoms with E-state index in [9.17, 15) is 0 Å². The van der Waals surface area contributed by atoms with E-state index in [1.165, 1.54) is 0 Å². The van der Waals surface area contributed by atoms with E-state index in [4.69, 9.17) is 21.1 Å². The number of fused-ring (bicyclic) bond motifs is 1. The molecule has 0 aliphatic carbocycles. The Bertz CT molecular complexity index is 593. The van der Waals surface area contributed by atoms with Crippen LogP contribution in [-0.2, 0) is 10.6 Å². The van der Waals surface area contributed by atoms with Gasteiger partial charge in [0, 0.05) is 25.6 Å². The molecule has 0 aromatic heterocycles. The molecule has 0 heterocycles. The van der Waals surface area contributed by atoms with Gasteiger partial charge in [0.05, 0.1) is 5.88 Å². The van der Waals surface area contributed by atoms with Crippen LogP contribution in [0.1, 0.15) is 5.56 Å². The summed E-state index contributed by atoms with van der Waals surface area (Å²) in [7, 11) is -1.05. The minimum atomic E-state index is -1.05. The van der Waals surface area contributed by atoms with Crippen molar-refractivity contribution in [3.63, 3.8) is 0 Å². The zero-order valence-electron chi connectivity index (χ0n) is 13.0. The minimum absolute atomic E-state index is 0.280. The van der Waals surface area contributed by atoms with Crippen LogP contribution in [0.3, 0.4) is 0 Å². The highest BCUT2D eigenvalue weighted by molar-refractivity contribution is 6.76. The summed E-state index contributed by atoms with van der Waals surface area (Å²) in [6, 6.07) is 13.4. The first-order valence-corrected chi connectivity index (χ1v) is 11.5. The zero-order valence-corrected chi connectivity index (χ0v) is 14.7. The molecule has 0 amide bonds. The highest BCUT2D eigenvalue weighted by atomic mass is 35.5. The molecular weight excluding hydrogens is 300 g/mol. The number of rotatable bonds is 7. The number of hydrogen-bond donors (Lipinski definition) is 0. The van der Waals surface area contributed by atoms with Gasteiger partial charge in [-0.15, -0.1) is 11.6 Å². The molecule has 0 fully saturated rings. The van der Waals surface area contributed by atoms with Crippen molar-refractivity contribution in [1.29, 1.82) is 0 Å². The largest absolute Gasteiger partial charge is 0.467 e. The van der Waals surface area contributed by atoms with Crippen molar-refractivity contribution in [3.8, 4) is 5.75 Å². The Balaban J connectivity index is 2.03. The monoisotopic (exact) mass is 322 g/mol. The van der Waals surface area contributed by atoms with Crippen LogP contribution in [0, 0.1) is 0 Å². The molecule has 0 N–H and O–H groups in total. The molecule has 4 heteroatoms. The molecule has 0 unspecified atom stereocenters. The lowest BCUT2D eigenvalue weighted by Gasteiger charge is -2.17. The SMILES string of the molecule is C[Si](C)(C)CCOCOc1c(CCl)ccc2ccccc12. The van der Waals surface area contributed by atoms with Crippen LogP contribution < -0.4 is 4.74 Å². The molecule has 0 atom stereocenters. The predicted molar refractivity (Wildman–Crippen MR) is 93.1 cm³/mol. The van der Waals surface area contributed by atoms with Crippen molar-refractivity contribution in [3.05, 3.63) is 42.0 Å². The fraction of sp³-hybridized carbons (Fsp3) is 0.412. The Hall–Kier alpha value is -1.03. The molecule has 0 aliphatic heterocycles. The quantitative estimate of drug-likeness (QED) is 0.299. The Morgan fingerprint density at radius 3 is 2.52 bits per heavy atom. The number of benzene rings is 2. The van der Waals surface area contributed by atoms with E-state index in [2.05, 4.69) is 37.8 Å². The van der Waals surface area contributed by atoms with Crippen LogP contribution in [-0.4, -0.2) is 21.5 Å². The molecule has 0 aliphatic rings.